The van der Waals surface area contributed by atoms with Crippen LogP contribution in [0.2, 0.25) is 0 Å². The van der Waals surface area contributed by atoms with Gasteiger partial charge in [0.05, 0.1) is 18.1 Å². The molecule has 1 saturated heterocycles. The number of rotatable bonds is 1. The second-order valence-electron chi connectivity index (χ2n) is 8.15. The lowest BCUT2D eigenvalue weighted by molar-refractivity contribution is -0.125. The van der Waals surface area contributed by atoms with Crippen LogP contribution in [0.25, 0.3) is 0 Å². The van der Waals surface area contributed by atoms with Crippen LogP contribution in [0, 0.1) is 11.7 Å². The number of hydrogen-bond donors (Lipinski definition) is 2. The number of nitrogens with one attached hydrogen (secondary N) is 2. The van der Waals surface area contributed by atoms with Crippen molar-refractivity contribution < 1.29 is 23.5 Å². The molecule has 2 aliphatic rings. The van der Waals surface area contributed by atoms with Crippen molar-refractivity contribution in [2.24, 2.45) is 5.92 Å². The Labute approximate surface area is 185 Å². The molecule has 8 heteroatoms. The van der Waals surface area contributed by atoms with E-state index in [1.165, 1.54) is 12.1 Å². The van der Waals surface area contributed by atoms with E-state index in [4.69, 9.17) is 4.74 Å². The molecule has 2 bridgehead atoms. The van der Waals surface area contributed by atoms with E-state index < -0.39 is 11.7 Å². The fourth-order valence-corrected chi connectivity index (χ4v) is 4.13. The molecule has 32 heavy (non-hydrogen) atoms. The van der Waals surface area contributed by atoms with E-state index in [-0.39, 0.29) is 54.8 Å². The summed E-state index contributed by atoms with van der Waals surface area (Å²) in [5.74, 6) is -1.38. The summed E-state index contributed by atoms with van der Waals surface area (Å²) < 4.78 is 19.5. The Morgan fingerprint density at radius 2 is 1.88 bits per heavy atom. The van der Waals surface area contributed by atoms with Gasteiger partial charge in [0.2, 0.25) is 5.91 Å². The first-order valence-electron chi connectivity index (χ1n) is 10.9. The molecule has 4 rings (SSSR count). The van der Waals surface area contributed by atoms with Gasteiger partial charge in [0.25, 0.3) is 11.8 Å². The normalized spacial score (nSPS) is 22.0. The molecular formula is C24H26FN3O4. The zero-order chi connectivity index (χ0) is 22.5. The van der Waals surface area contributed by atoms with Crippen LogP contribution >= 0.6 is 0 Å². The molecule has 1 fully saturated rings. The predicted molar refractivity (Wildman–Crippen MR) is 116 cm³/mol. The Hall–Kier alpha value is -3.42. The lowest BCUT2D eigenvalue weighted by atomic mass is 10.0. The molecule has 0 spiro atoms. The Morgan fingerprint density at radius 3 is 2.69 bits per heavy atom. The number of ether oxygens (including phenoxy) is 1. The SMILES string of the molecule is O=C1N[C@@H]2CC[C@@H](CN(C(=O)c3ccccc3)C2)C(=O)NCCCOc2ccc(F)cc21. The molecule has 0 radical (unpaired) electrons. The molecule has 7 nitrogen and oxygen atoms in total. The number of likely N-dealkylation sites (tertiary alicyclic amines) is 1. The molecule has 0 aliphatic carbocycles. The molecule has 2 aromatic rings. The smallest absolute Gasteiger partial charge is 0.255 e. The van der Waals surface area contributed by atoms with E-state index in [0.29, 0.717) is 31.4 Å². The van der Waals surface area contributed by atoms with Crippen molar-refractivity contribution in [3.05, 3.63) is 65.5 Å². The predicted octanol–water partition coefficient (Wildman–Crippen LogP) is 2.38. The van der Waals surface area contributed by atoms with Gasteiger partial charge in [0.15, 0.2) is 0 Å². The van der Waals surface area contributed by atoms with E-state index in [0.717, 1.165) is 6.07 Å². The van der Waals surface area contributed by atoms with Crippen molar-refractivity contribution in [3.63, 3.8) is 0 Å². The number of benzene rings is 2. The van der Waals surface area contributed by atoms with Gasteiger partial charge < -0.3 is 20.3 Å². The van der Waals surface area contributed by atoms with Crippen molar-refractivity contribution in [1.82, 2.24) is 15.5 Å². The summed E-state index contributed by atoms with van der Waals surface area (Å²) in [6, 6.07) is 12.3. The van der Waals surface area contributed by atoms with Crippen molar-refractivity contribution in [3.8, 4) is 5.75 Å². The van der Waals surface area contributed by atoms with Crippen molar-refractivity contribution in [2.45, 2.75) is 25.3 Å². The zero-order valence-electron chi connectivity index (χ0n) is 17.7. The number of hydrogen-bond acceptors (Lipinski definition) is 4. The summed E-state index contributed by atoms with van der Waals surface area (Å²) in [7, 11) is 0. The molecule has 2 atom stereocenters. The second kappa shape index (κ2) is 9.80. The van der Waals surface area contributed by atoms with Gasteiger partial charge in [-0.1, -0.05) is 18.2 Å². The van der Waals surface area contributed by atoms with Gasteiger partial charge in [-0.3, -0.25) is 14.4 Å². The standard InChI is InChI=1S/C24H26FN3O4/c25-18-8-10-21-20(13-18)23(30)27-19-9-7-17(22(29)26-11-4-12-32-21)14-28(15-19)24(31)16-5-2-1-3-6-16/h1-3,5-6,8,10,13,17,19H,4,7,9,11-12,14-15H2,(H,26,29)(H,27,30)/t17-,19+/m0/s1. The zero-order valence-corrected chi connectivity index (χ0v) is 17.7. The van der Waals surface area contributed by atoms with Crippen molar-refractivity contribution in [2.75, 3.05) is 26.2 Å². The summed E-state index contributed by atoms with van der Waals surface area (Å²) >= 11 is 0. The van der Waals surface area contributed by atoms with Crippen LogP contribution in [0.5, 0.6) is 5.75 Å². The summed E-state index contributed by atoms with van der Waals surface area (Å²) in [5.41, 5.74) is 0.644. The van der Waals surface area contributed by atoms with E-state index in [1.807, 2.05) is 6.07 Å². The van der Waals surface area contributed by atoms with Crippen LogP contribution in [-0.2, 0) is 4.79 Å². The highest BCUT2D eigenvalue weighted by Crippen LogP contribution is 2.23. The second-order valence-corrected chi connectivity index (χ2v) is 8.15. The molecule has 2 aromatic carbocycles. The van der Waals surface area contributed by atoms with Gasteiger partial charge in [0.1, 0.15) is 11.6 Å². The molecule has 2 N–H and O–H groups in total. The van der Waals surface area contributed by atoms with Crippen LogP contribution in [0.1, 0.15) is 40.0 Å². The molecule has 2 aliphatic heterocycles. The quantitative estimate of drug-likeness (QED) is 0.714. The highest BCUT2D eigenvalue weighted by Gasteiger charge is 2.32. The van der Waals surface area contributed by atoms with Crippen LogP contribution in [-0.4, -0.2) is 54.9 Å². The molecule has 2 heterocycles. The number of fused-ring (bicyclic) bond motifs is 4. The summed E-state index contributed by atoms with van der Waals surface area (Å²) in [5, 5.41) is 5.85. The average molecular weight is 439 g/mol. The fourth-order valence-electron chi connectivity index (χ4n) is 4.13. The van der Waals surface area contributed by atoms with E-state index in [9.17, 15) is 18.8 Å². The van der Waals surface area contributed by atoms with Crippen LogP contribution in [0.15, 0.2) is 48.5 Å². The third-order valence-corrected chi connectivity index (χ3v) is 5.82. The summed E-state index contributed by atoms with van der Waals surface area (Å²) in [6.07, 6.45) is 1.59. The molecule has 0 unspecified atom stereocenters. The van der Waals surface area contributed by atoms with Crippen molar-refractivity contribution >= 4 is 17.7 Å². The van der Waals surface area contributed by atoms with Crippen molar-refractivity contribution in [1.29, 1.82) is 0 Å². The first-order chi connectivity index (χ1) is 15.5. The van der Waals surface area contributed by atoms with Crippen LogP contribution in [0.4, 0.5) is 4.39 Å². The Balaban J connectivity index is 1.63. The number of amides is 3. The van der Waals surface area contributed by atoms with E-state index >= 15 is 0 Å². The van der Waals surface area contributed by atoms with Gasteiger partial charge in [-0.2, -0.15) is 0 Å². The third kappa shape index (κ3) is 5.07. The monoisotopic (exact) mass is 439 g/mol. The Bertz CT molecular complexity index is 998. The van der Waals surface area contributed by atoms with E-state index in [1.54, 1.807) is 29.2 Å². The topological polar surface area (TPSA) is 87.7 Å². The number of nitrogens with zero attached hydrogens (tertiary/aromatic N) is 1. The third-order valence-electron chi connectivity index (χ3n) is 5.82. The van der Waals surface area contributed by atoms with E-state index in [2.05, 4.69) is 10.6 Å². The first-order valence-corrected chi connectivity index (χ1v) is 10.9. The lowest BCUT2D eigenvalue weighted by Gasteiger charge is -2.26. The molecule has 0 aromatic heterocycles. The van der Waals surface area contributed by atoms with Gasteiger partial charge in [-0.25, -0.2) is 4.39 Å². The first kappa shape index (κ1) is 21.8. The number of carbonyl (C=O) groups is 3. The molecular weight excluding hydrogens is 413 g/mol. The van der Waals surface area contributed by atoms with Gasteiger partial charge in [0, 0.05) is 31.2 Å². The number of halogens is 1. The highest BCUT2D eigenvalue weighted by atomic mass is 19.1. The van der Waals surface area contributed by atoms with Crippen LogP contribution in [0.3, 0.4) is 0 Å². The van der Waals surface area contributed by atoms with Gasteiger partial charge >= 0.3 is 0 Å². The Kier molecular flexibility index (Phi) is 6.68. The highest BCUT2D eigenvalue weighted by molar-refractivity contribution is 5.97. The maximum absolute atomic E-state index is 13.9. The summed E-state index contributed by atoms with van der Waals surface area (Å²) in [6.45, 7) is 1.22. The minimum absolute atomic E-state index is 0.109. The largest absolute Gasteiger partial charge is 0.493 e. The minimum Gasteiger partial charge on any atom is -0.493 e. The fraction of sp³-hybridized carbons (Fsp3) is 0.375. The lowest BCUT2D eigenvalue weighted by Crippen LogP contribution is -2.46. The average Bonchev–Trinajstić information content (AvgIpc) is 3.02. The maximum Gasteiger partial charge on any atom is 0.255 e. The van der Waals surface area contributed by atoms with Crippen LogP contribution < -0.4 is 15.4 Å². The Morgan fingerprint density at radius 1 is 1.06 bits per heavy atom. The summed E-state index contributed by atoms with van der Waals surface area (Å²) in [4.78, 5) is 40.6. The molecule has 0 saturated carbocycles. The van der Waals surface area contributed by atoms with Gasteiger partial charge in [-0.15, -0.1) is 0 Å². The number of carbonyl (C=O) groups excluding carboxylic acids is 3. The molecule has 3 amide bonds. The minimum atomic E-state index is -0.530. The molecule has 168 valence electrons. The van der Waals surface area contributed by atoms with Gasteiger partial charge in [-0.05, 0) is 49.6 Å². The maximum atomic E-state index is 13.9.